The molecule has 2 N–H and O–H groups in total. The van der Waals surface area contributed by atoms with E-state index in [1.54, 1.807) is 12.1 Å². The molecule has 1 fully saturated rings. The maximum absolute atomic E-state index is 11.9. The van der Waals surface area contributed by atoms with Gasteiger partial charge in [0.15, 0.2) is 9.84 Å². The molecule has 1 saturated heterocycles. The molecule has 6 nitrogen and oxygen atoms in total. The molecule has 0 bridgehead atoms. The van der Waals surface area contributed by atoms with E-state index in [9.17, 15) is 8.42 Å². The average Bonchev–Trinajstić information content (AvgIpc) is 2.90. The Morgan fingerprint density at radius 1 is 1.29 bits per heavy atom. The number of nitrogens with one attached hydrogen (secondary N) is 2. The number of nitrogens with zero attached hydrogens (tertiary/aromatic N) is 2. The van der Waals surface area contributed by atoms with Crippen molar-refractivity contribution in [1.29, 1.82) is 0 Å². The number of fused-ring (bicyclic) bond motifs is 1. The Balaban J connectivity index is 2.01. The van der Waals surface area contributed by atoms with Crippen molar-refractivity contribution in [3.8, 4) is 0 Å². The number of aromatic nitrogens is 2. The lowest BCUT2D eigenvalue weighted by Gasteiger charge is -2.31. The van der Waals surface area contributed by atoms with Crippen LogP contribution in [0.2, 0.25) is 0 Å². The van der Waals surface area contributed by atoms with E-state index in [1.807, 2.05) is 6.07 Å². The molecule has 2 aromatic rings. The lowest BCUT2D eigenvalue weighted by molar-refractivity contribution is 0.180. The third-order valence-electron chi connectivity index (χ3n) is 3.99. The van der Waals surface area contributed by atoms with Crippen LogP contribution in [0.5, 0.6) is 0 Å². The molecule has 1 aliphatic heterocycles. The summed E-state index contributed by atoms with van der Waals surface area (Å²) in [5, 5.41) is 3.33. The van der Waals surface area contributed by atoms with Crippen molar-refractivity contribution in [1.82, 2.24) is 20.2 Å². The van der Waals surface area contributed by atoms with E-state index in [0.29, 0.717) is 5.52 Å². The molecule has 1 aliphatic rings. The SMILES string of the molecule is CC(c1nc2c(S(C)(=O)=O)cccc2[nH]1)N1CCNCC1. The summed E-state index contributed by atoms with van der Waals surface area (Å²) in [5.74, 6) is 0.822. The second-order valence-corrected chi connectivity index (χ2v) is 7.49. The summed E-state index contributed by atoms with van der Waals surface area (Å²) in [4.78, 5) is 10.5. The highest BCUT2D eigenvalue weighted by Crippen LogP contribution is 2.25. The molecular formula is C14H20N4O2S. The summed E-state index contributed by atoms with van der Waals surface area (Å²) >= 11 is 0. The predicted octanol–water partition coefficient (Wildman–Crippen LogP) is 0.933. The number of H-pyrrole nitrogens is 1. The highest BCUT2D eigenvalue weighted by molar-refractivity contribution is 7.91. The van der Waals surface area contributed by atoms with Gasteiger partial charge in [0.25, 0.3) is 0 Å². The topological polar surface area (TPSA) is 78.1 Å². The van der Waals surface area contributed by atoms with Crippen molar-refractivity contribution in [2.75, 3.05) is 32.4 Å². The second-order valence-electron chi connectivity index (χ2n) is 5.51. The van der Waals surface area contributed by atoms with Crippen molar-refractivity contribution in [3.05, 3.63) is 24.0 Å². The van der Waals surface area contributed by atoms with Crippen LogP contribution in [0.1, 0.15) is 18.8 Å². The number of piperazine rings is 1. The van der Waals surface area contributed by atoms with Gasteiger partial charge in [-0.05, 0) is 19.1 Å². The van der Waals surface area contributed by atoms with Gasteiger partial charge in [0, 0.05) is 32.4 Å². The fourth-order valence-corrected chi connectivity index (χ4v) is 3.60. The number of imidazole rings is 1. The minimum atomic E-state index is -3.27. The zero-order chi connectivity index (χ0) is 15.0. The van der Waals surface area contributed by atoms with Gasteiger partial charge in [-0.25, -0.2) is 13.4 Å². The van der Waals surface area contributed by atoms with Crippen LogP contribution in [0.4, 0.5) is 0 Å². The number of hydrogen-bond donors (Lipinski definition) is 2. The van der Waals surface area contributed by atoms with Crippen LogP contribution in [0, 0.1) is 0 Å². The zero-order valence-electron chi connectivity index (χ0n) is 12.3. The van der Waals surface area contributed by atoms with E-state index in [-0.39, 0.29) is 10.9 Å². The Bertz CT molecular complexity index is 747. The summed E-state index contributed by atoms with van der Waals surface area (Å²) in [6.07, 6.45) is 1.22. The molecule has 3 rings (SSSR count). The standard InChI is InChI=1S/C14H20N4O2S/c1-10(18-8-6-15-7-9-18)14-16-11-4-3-5-12(13(11)17-14)21(2,19)20/h3-5,10,15H,6-9H2,1-2H3,(H,16,17). The summed E-state index contributed by atoms with van der Waals surface area (Å²) in [6, 6.07) is 5.37. The molecule has 1 aromatic heterocycles. The maximum atomic E-state index is 11.9. The van der Waals surface area contributed by atoms with Crippen LogP contribution in [-0.4, -0.2) is 55.7 Å². The third-order valence-corrected chi connectivity index (χ3v) is 5.12. The molecule has 1 unspecified atom stereocenters. The Kier molecular flexibility index (Phi) is 3.73. The zero-order valence-corrected chi connectivity index (χ0v) is 13.1. The fourth-order valence-electron chi connectivity index (χ4n) is 2.76. The van der Waals surface area contributed by atoms with Crippen LogP contribution in [0.3, 0.4) is 0 Å². The molecule has 21 heavy (non-hydrogen) atoms. The van der Waals surface area contributed by atoms with Gasteiger partial charge in [-0.3, -0.25) is 4.90 Å². The minimum Gasteiger partial charge on any atom is -0.341 e. The van der Waals surface area contributed by atoms with Gasteiger partial charge >= 0.3 is 0 Å². The molecule has 0 aliphatic carbocycles. The Morgan fingerprint density at radius 3 is 2.67 bits per heavy atom. The first-order valence-corrected chi connectivity index (χ1v) is 8.99. The van der Waals surface area contributed by atoms with Crippen LogP contribution in [-0.2, 0) is 9.84 Å². The minimum absolute atomic E-state index is 0.145. The molecule has 2 heterocycles. The van der Waals surface area contributed by atoms with Crippen molar-refractivity contribution in [2.24, 2.45) is 0 Å². The van der Waals surface area contributed by atoms with E-state index in [2.05, 4.69) is 27.1 Å². The molecular weight excluding hydrogens is 288 g/mol. The lowest BCUT2D eigenvalue weighted by Crippen LogP contribution is -2.44. The number of aromatic amines is 1. The first kappa shape index (κ1) is 14.5. The second kappa shape index (κ2) is 5.40. The number of rotatable bonds is 3. The van der Waals surface area contributed by atoms with Gasteiger partial charge in [-0.1, -0.05) is 6.07 Å². The normalized spacial score (nSPS) is 19.0. The van der Waals surface area contributed by atoms with Crippen LogP contribution >= 0.6 is 0 Å². The average molecular weight is 308 g/mol. The molecule has 0 spiro atoms. The molecule has 0 radical (unpaired) electrons. The number of para-hydroxylation sites is 1. The smallest absolute Gasteiger partial charge is 0.177 e. The van der Waals surface area contributed by atoms with Crippen LogP contribution in [0.25, 0.3) is 11.0 Å². The van der Waals surface area contributed by atoms with Gasteiger partial charge < -0.3 is 10.3 Å². The van der Waals surface area contributed by atoms with E-state index in [0.717, 1.165) is 37.5 Å². The first-order chi connectivity index (χ1) is 9.97. The Morgan fingerprint density at radius 2 is 2.00 bits per heavy atom. The lowest BCUT2D eigenvalue weighted by atomic mass is 10.2. The highest BCUT2D eigenvalue weighted by Gasteiger charge is 2.22. The number of benzene rings is 1. The largest absolute Gasteiger partial charge is 0.341 e. The van der Waals surface area contributed by atoms with Crippen LogP contribution < -0.4 is 5.32 Å². The van der Waals surface area contributed by atoms with E-state index < -0.39 is 9.84 Å². The van der Waals surface area contributed by atoms with Crippen LogP contribution in [0.15, 0.2) is 23.1 Å². The number of sulfone groups is 1. The van der Waals surface area contributed by atoms with E-state index >= 15 is 0 Å². The maximum Gasteiger partial charge on any atom is 0.177 e. The van der Waals surface area contributed by atoms with Crippen molar-refractivity contribution in [3.63, 3.8) is 0 Å². The van der Waals surface area contributed by atoms with Crippen molar-refractivity contribution in [2.45, 2.75) is 17.9 Å². The summed E-state index contributed by atoms with van der Waals surface area (Å²) in [7, 11) is -3.27. The molecule has 0 amide bonds. The Hall–Kier alpha value is -1.44. The van der Waals surface area contributed by atoms with Gasteiger partial charge in [0.05, 0.1) is 16.5 Å². The molecule has 114 valence electrons. The monoisotopic (exact) mass is 308 g/mol. The highest BCUT2D eigenvalue weighted by atomic mass is 32.2. The van der Waals surface area contributed by atoms with Crippen molar-refractivity contribution < 1.29 is 8.42 Å². The molecule has 1 aromatic carbocycles. The van der Waals surface area contributed by atoms with Gasteiger partial charge in [0.1, 0.15) is 11.3 Å². The summed E-state index contributed by atoms with van der Waals surface area (Å²) < 4.78 is 23.7. The third kappa shape index (κ3) is 2.81. The van der Waals surface area contributed by atoms with Gasteiger partial charge in [-0.15, -0.1) is 0 Å². The van der Waals surface area contributed by atoms with Gasteiger partial charge in [0.2, 0.25) is 0 Å². The van der Waals surface area contributed by atoms with Gasteiger partial charge in [-0.2, -0.15) is 0 Å². The predicted molar refractivity (Wildman–Crippen MR) is 82.1 cm³/mol. The summed E-state index contributed by atoms with van der Waals surface area (Å²) in [5.41, 5.74) is 1.31. The van der Waals surface area contributed by atoms with Crippen molar-refractivity contribution >= 4 is 20.9 Å². The first-order valence-electron chi connectivity index (χ1n) is 7.10. The molecule has 1 atom stereocenters. The Labute approximate surface area is 124 Å². The molecule has 0 saturated carbocycles. The quantitative estimate of drug-likeness (QED) is 0.882. The summed E-state index contributed by atoms with van der Waals surface area (Å²) in [6.45, 7) is 5.98. The van der Waals surface area contributed by atoms with E-state index in [4.69, 9.17) is 0 Å². The number of hydrogen-bond acceptors (Lipinski definition) is 5. The fraction of sp³-hybridized carbons (Fsp3) is 0.500. The molecule has 7 heteroatoms. The van der Waals surface area contributed by atoms with E-state index in [1.165, 1.54) is 6.26 Å².